The Morgan fingerprint density at radius 3 is 1.68 bits per heavy atom. The fourth-order valence-corrected chi connectivity index (χ4v) is 3.69. The number of amides is 1. The highest BCUT2D eigenvalue weighted by atomic mass is 16.6. The number of hydrogen-bond acceptors (Lipinski definition) is 6. The summed E-state index contributed by atoms with van der Waals surface area (Å²) in [6.45, 7) is 5.56. The van der Waals surface area contributed by atoms with E-state index in [4.69, 9.17) is 14.2 Å². The molecule has 0 saturated heterocycles. The lowest BCUT2D eigenvalue weighted by Crippen LogP contribution is -2.47. The van der Waals surface area contributed by atoms with Crippen molar-refractivity contribution in [2.45, 2.75) is 65.0 Å². The highest BCUT2D eigenvalue weighted by molar-refractivity contribution is 5.82. The predicted molar refractivity (Wildman–Crippen MR) is 144 cm³/mol. The average molecular weight is 518 g/mol. The largest absolute Gasteiger partial charge is 0.461 e. The Labute approximate surface area is 224 Å². The molecule has 200 valence electrons. The molecule has 0 aliphatic heterocycles. The van der Waals surface area contributed by atoms with Gasteiger partial charge in [-0.2, -0.15) is 0 Å². The van der Waals surface area contributed by atoms with E-state index >= 15 is 0 Å². The van der Waals surface area contributed by atoms with Gasteiger partial charge in [-0.3, -0.25) is 9.69 Å². The van der Waals surface area contributed by atoms with Crippen LogP contribution in [0.4, 0.5) is 4.79 Å². The Hall–Kier alpha value is -4.13. The van der Waals surface area contributed by atoms with Gasteiger partial charge in [-0.15, -0.1) is 0 Å². The van der Waals surface area contributed by atoms with Crippen molar-refractivity contribution in [1.82, 2.24) is 4.90 Å². The Morgan fingerprint density at radius 1 is 0.711 bits per heavy atom. The van der Waals surface area contributed by atoms with Crippen LogP contribution in [0, 0.1) is 0 Å². The molecule has 0 unspecified atom stereocenters. The van der Waals surface area contributed by atoms with Crippen LogP contribution in [0.15, 0.2) is 91.0 Å². The van der Waals surface area contributed by atoms with Crippen LogP contribution in [0.5, 0.6) is 0 Å². The first-order chi connectivity index (χ1) is 18.2. The summed E-state index contributed by atoms with van der Waals surface area (Å²) in [5.41, 5.74) is 1.71. The van der Waals surface area contributed by atoms with Gasteiger partial charge in [-0.1, -0.05) is 91.0 Å². The summed E-state index contributed by atoms with van der Waals surface area (Å²) in [7, 11) is 0. The minimum Gasteiger partial charge on any atom is -0.461 e. The first-order valence-electron chi connectivity index (χ1n) is 12.6. The molecule has 0 bridgehead atoms. The number of esters is 2. The summed E-state index contributed by atoms with van der Waals surface area (Å²) in [6, 6.07) is 26.8. The van der Waals surface area contributed by atoms with Crippen molar-refractivity contribution in [3.05, 3.63) is 108 Å². The first kappa shape index (κ1) is 28.4. The molecule has 0 heterocycles. The summed E-state index contributed by atoms with van der Waals surface area (Å²) in [5.74, 6) is -1.09. The van der Waals surface area contributed by atoms with E-state index in [9.17, 15) is 14.4 Å². The quantitative estimate of drug-likeness (QED) is 0.227. The third kappa shape index (κ3) is 9.73. The molecule has 38 heavy (non-hydrogen) atoms. The van der Waals surface area contributed by atoms with Gasteiger partial charge in [0.05, 0.1) is 0 Å². The van der Waals surface area contributed by atoms with Crippen molar-refractivity contribution >= 4 is 18.0 Å². The molecule has 0 aliphatic carbocycles. The smallest absolute Gasteiger partial charge is 0.411 e. The molecule has 3 rings (SSSR count). The van der Waals surface area contributed by atoms with Crippen LogP contribution in [-0.2, 0) is 43.6 Å². The van der Waals surface area contributed by atoms with Crippen molar-refractivity contribution in [1.29, 1.82) is 0 Å². The van der Waals surface area contributed by atoms with Gasteiger partial charge in [0.1, 0.15) is 24.9 Å². The molecule has 0 saturated carbocycles. The summed E-state index contributed by atoms with van der Waals surface area (Å²) in [5, 5.41) is 0. The molecule has 0 spiro atoms. The lowest BCUT2D eigenvalue weighted by Gasteiger charge is -2.32. The Morgan fingerprint density at radius 2 is 1.18 bits per heavy atom. The van der Waals surface area contributed by atoms with Gasteiger partial charge in [-0.05, 0) is 43.9 Å². The van der Waals surface area contributed by atoms with Crippen molar-refractivity contribution in [3.8, 4) is 0 Å². The molecular formula is C31H35NO6. The molecule has 0 radical (unpaired) electrons. The van der Waals surface area contributed by atoms with Crippen LogP contribution in [0.1, 0.15) is 50.3 Å². The summed E-state index contributed by atoms with van der Waals surface area (Å²) in [6.07, 6.45) is -0.722. The number of nitrogens with zero attached hydrogens (tertiary/aromatic N) is 1. The lowest BCUT2D eigenvalue weighted by atomic mass is 10.1. The van der Waals surface area contributed by atoms with Crippen LogP contribution in [-0.4, -0.2) is 34.6 Å². The molecule has 1 amide bonds. The van der Waals surface area contributed by atoms with E-state index in [1.165, 1.54) is 4.90 Å². The van der Waals surface area contributed by atoms with Gasteiger partial charge in [-0.25, -0.2) is 9.59 Å². The van der Waals surface area contributed by atoms with Crippen molar-refractivity contribution in [2.24, 2.45) is 0 Å². The van der Waals surface area contributed by atoms with Crippen molar-refractivity contribution < 1.29 is 28.6 Å². The third-order valence-electron chi connectivity index (χ3n) is 5.56. The number of hydrogen-bond donors (Lipinski definition) is 0. The Bertz CT molecular complexity index is 1160. The minimum absolute atomic E-state index is 0.0212. The molecule has 3 aromatic carbocycles. The van der Waals surface area contributed by atoms with E-state index in [1.807, 2.05) is 91.0 Å². The average Bonchev–Trinajstić information content (AvgIpc) is 2.91. The fourth-order valence-electron chi connectivity index (χ4n) is 3.69. The molecule has 0 fully saturated rings. The number of benzene rings is 3. The molecule has 3 aromatic rings. The first-order valence-corrected chi connectivity index (χ1v) is 12.6. The van der Waals surface area contributed by atoms with Gasteiger partial charge in [0, 0.05) is 13.0 Å². The maximum Gasteiger partial charge on any atom is 0.411 e. The van der Waals surface area contributed by atoms with Crippen LogP contribution < -0.4 is 0 Å². The molecular weight excluding hydrogens is 482 g/mol. The van der Waals surface area contributed by atoms with Gasteiger partial charge >= 0.3 is 18.0 Å². The van der Waals surface area contributed by atoms with E-state index in [0.717, 1.165) is 16.7 Å². The van der Waals surface area contributed by atoms with Crippen LogP contribution >= 0.6 is 0 Å². The molecule has 7 nitrogen and oxygen atoms in total. The summed E-state index contributed by atoms with van der Waals surface area (Å²) in [4.78, 5) is 40.6. The summed E-state index contributed by atoms with van der Waals surface area (Å²) >= 11 is 0. The standard InChI is InChI=1S/C31H35NO6/c1-31(2,3)38-30(35)32(21-24-13-7-4-8-14-24)27(29(34)37-23-26-17-11-6-12-18-26)19-20-28(33)36-22-25-15-9-5-10-16-25/h4-18,27H,19-23H2,1-3H3/t27-/m0/s1. The van der Waals surface area contributed by atoms with Crippen LogP contribution in [0.2, 0.25) is 0 Å². The van der Waals surface area contributed by atoms with Gasteiger partial charge < -0.3 is 14.2 Å². The fraction of sp³-hybridized carbons (Fsp3) is 0.323. The third-order valence-corrected chi connectivity index (χ3v) is 5.56. The zero-order valence-corrected chi connectivity index (χ0v) is 22.2. The Kier molecular flexibility index (Phi) is 10.5. The lowest BCUT2D eigenvalue weighted by molar-refractivity contribution is -0.153. The number of rotatable bonds is 11. The van der Waals surface area contributed by atoms with Crippen LogP contribution in [0.25, 0.3) is 0 Å². The highest BCUT2D eigenvalue weighted by Crippen LogP contribution is 2.20. The maximum absolute atomic E-state index is 13.4. The molecule has 7 heteroatoms. The zero-order chi connectivity index (χ0) is 27.4. The topological polar surface area (TPSA) is 82.1 Å². The van der Waals surface area contributed by atoms with Crippen molar-refractivity contribution in [2.75, 3.05) is 0 Å². The van der Waals surface area contributed by atoms with Gasteiger partial charge in [0.25, 0.3) is 0 Å². The predicted octanol–water partition coefficient (Wildman–Crippen LogP) is 6.06. The SMILES string of the molecule is CC(C)(C)OC(=O)N(Cc1ccccc1)[C@@H](CCC(=O)OCc1ccccc1)C(=O)OCc1ccccc1. The summed E-state index contributed by atoms with van der Waals surface area (Å²) < 4.78 is 16.7. The zero-order valence-electron chi connectivity index (χ0n) is 22.2. The van der Waals surface area contributed by atoms with Gasteiger partial charge in [0.15, 0.2) is 0 Å². The van der Waals surface area contributed by atoms with Crippen LogP contribution in [0.3, 0.4) is 0 Å². The van der Waals surface area contributed by atoms with E-state index < -0.39 is 29.7 Å². The second-order valence-corrected chi connectivity index (χ2v) is 9.89. The van der Waals surface area contributed by atoms with E-state index in [2.05, 4.69) is 0 Å². The molecule has 0 aromatic heterocycles. The second kappa shape index (κ2) is 14.0. The monoisotopic (exact) mass is 517 g/mol. The normalized spacial score (nSPS) is 11.8. The van der Waals surface area contributed by atoms with E-state index in [0.29, 0.717) is 0 Å². The van der Waals surface area contributed by atoms with E-state index in [1.54, 1.807) is 20.8 Å². The molecule has 0 N–H and O–H groups in total. The number of carbonyl (C=O) groups excluding carboxylic acids is 3. The van der Waals surface area contributed by atoms with Crippen molar-refractivity contribution in [3.63, 3.8) is 0 Å². The second-order valence-electron chi connectivity index (χ2n) is 9.89. The van der Waals surface area contributed by atoms with E-state index in [-0.39, 0.29) is 32.6 Å². The number of ether oxygens (including phenoxy) is 3. The molecule has 1 atom stereocenters. The minimum atomic E-state index is -1.06. The number of carbonyl (C=O) groups is 3. The highest BCUT2D eigenvalue weighted by Gasteiger charge is 2.34. The molecule has 0 aliphatic rings. The van der Waals surface area contributed by atoms with Gasteiger partial charge in [0.2, 0.25) is 0 Å². The Balaban J connectivity index is 1.78. The maximum atomic E-state index is 13.4.